The van der Waals surface area contributed by atoms with E-state index in [1.165, 1.54) is 70.2 Å². The van der Waals surface area contributed by atoms with E-state index < -0.39 is 0 Å². The van der Waals surface area contributed by atoms with Crippen molar-refractivity contribution in [3.63, 3.8) is 0 Å². The van der Waals surface area contributed by atoms with Gasteiger partial charge in [0.1, 0.15) is 0 Å². The normalized spacial score (nSPS) is 26.9. The Kier molecular flexibility index (Phi) is 6.32. The van der Waals surface area contributed by atoms with E-state index in [1.807, 2.05) is 7.05 Å². The lowest BCUT2D eigenvalue weighted by Crippen LogP contribution is -2.55. The van der Waals surface area contributed by atoms with Crippen molar-refractivity contribution in [1.82, 2.24) is 10.2 Å². The van der Waals surface area contributed by atoms with Crippen molar-refractivity contribution in [3.05, 3.63) is 0 Å². The van der Waals surface area contributed by atoms with E-state index in [0.29, 0.717) is 10.8 Å². The monoisotopic (exact) mass is 409 g/mol. The van der Waals surface area contributed by atoms with Gasteiger partial charge < -0.3 is 10.2 Å². The molecule has 116 valence electrons. The third kappa shape index (κ3) is 3.76. The van der Waals surface area contributed by atoms with Gasteiger partial charge in [-0.05, 0) is 32.1 Å². The van der Waals surface area contributed by atoms with E-state index in [9.17, 15) is 0 Å². The quantitative estimate of drug-likeness (QED) is 0.408. The van der Waals surface area contributed by atoms with Crippen molar-refractivity contribution >= 4 is 41.7 Å². The first-order valence-electron chi connectivity index (χ1n) is 7.94. The second kappa shape index (κ2) is 7.56. The van der Waals surface area contributed by atoms with Crippen LogP contribution in [-0.2, 0) is 0 Å². The van der Waals surface area contributed by atoms with Crippen molar-refractivity contribution < 1.29 is 0 Å². The minimum Gasteiger partial charge on any atom is -0.354 e. The number of guanidine groups is 1. The van der Waals surface area contributed by atoms with Crippen LogP contribution in [0.25, 0.3) is 0 Å². The first-order chi connectivity index (χ1) is 9.31. The second-order valence-corrected chi connectivity index (χ2v) is 7.90. The summed E-state index contributed by atoms with van der Waals surface area (Å²) < 4.78 is 0.535. The third-order valence-electron chi connectivity index (χ3n) is 4.96. The van der Waals surface area contributed by atoms with E-state index in [-0.39, 0.29) is 24.0 Å². The Morgan fingerprint density at radius 2 is 1.95 bits per heavy atom. The van der Waals surface area contributed by atoms with Gasteiger partial charge in [-0.15, -0.1) is 24.0 Å². The number of aliphatic imine (C=N–C) groups is 1. The Morgan fingerprint density at radius 1 is 1.20 bits per heavy atom. The van der Waals surface area contributed by atoms with Gasteiger partial charge in [0.25, 0.3) is 0 Å². The molecule has 1 N–H and O–H groups in total. The molecule has 20 heavy (non-hydrogen) atoms. The van der Waals surface area contributed by atoms with Crippen molar-refractivity contribution in [2.24, 2.45) is 4.99 Å². The van der Waals surface area contributed by atoms with Gasteiger partial charge in [-0.2, -0.15) is 11.8 Å². The number of hydrogen-bond acceptors (Lipinski definition) is 2. The molecule has 0 atom stereocenters. The predicted octanol–water partition coefficient (Wildman–Crippen LogP) is 3.48. The number of nitrogens with zero attached hydrogens (tertiary/aromatic N) is 2. The fraction of sp³-hybridized carbons (Fsp3) is 0.933. The molecule has 0 unspecified atom stereocenters. The van der Waals surface area contributed by atoms with Crippen molar-refractivity contribution in [1.29, 1.82) is 0 Å². The van der Waals surface area contributed by atoms with Crippen LogP contribution >= 0.6 is 35.7 Å². The van der Waals surface area contributed by atoms with E-state index in [2.05, 4.69) is 27.0 Å². The molecule has 3 fully saturated rings. The van der Waals surface area contributed by atoms with Gasteiger partial charge >= 0.3 is 0 Å². The number of hydrogen-bond donors (Lipinski definition) is 1. The van der Waals surface area contributed by atoms with Gasteiger partial charge in [-0.1, -0.05) is 19.3 Å². The minimum absolute atomic E-state index is 0. The first-order valence-corrected chi connectivity index (χ1v) is 8.92. The molecule has 0 radical (unpaired) electrons. The van der Waals surface area contributed by atoms with Gasteiger partial charge in [-0.3, -0.25) is 4.99 Å². The SMILES string of the molecule is CN=C(NC1CCC1)N1CCSC2(CCCCC2)C1.I. The summed E-state index contributed by atoms with van der Waals surface area (Å²) in [4.78, 5) is 7.06. The molecule has 1 saturated heterocycles. The zero-order valence-corrected chi connectivity index (χ0v) is 15.7. The third-order valence-corrected chi connectivity index (χ3v) is 6.50. The molecule has 0 aromatic carbocycles. The molecule has 1 aliphatic heterocycles. The zero-order chi connectivity index (χ0) is 13.1. The summed E-state index contributed by atoms with van der Waals surface area (Å²) >= 11 is 2.23. The fourth-order valence-corrected chi connectivity index (χ4v) is 5.13. The number of thioether (sulfide) groups is 1. The van der Waals surface area contributed by atoms with Crippen LogP contribution in [0.3, 0.4) is 0 Å². The molecular formula is C15H28IN3S. The Hall–Kier alpha value is 0.350. The van der Waals surface area contributed by atoms with Gasteiger partial charge in [-0.25, -0.2) is 0 Å². The predicted molar refractivity (Wildman–Crippen MR) is 99.4 cm³/mol. The summed E-state index contributed by atoms with van der Waals surface area (Å²) in [6, 6.07) is 0.690. The highest BCUT2D eigenvalue weighted by atomic mass is 127. The van der Waals surface area contributed by atoms with Crippen molar-refractivity contribution in [3.8, 4) is 0 Å². The van der Waals surface area contributed by atoms with Gasteiger partial charge in [0.2, 0.25) is 0 Å². The molecule has 2 aliphatic carbocycles. The molecule has 1 spiro atoms. The molecule has 3 nitrogen and oxygen atoms in total. The summed E-state index contributed by atoms with van der Waals surface area (Å²) in [6.07, 6.45) is 11.2. The molecular weight excluding hydrogens is 381 g/mol. The molecule has 1 heterocycles. The number of nitrogens with one attached hydrogen (secondary N) is 1. The molecule has 0 aromatic heterocycles. The molecule has 0 bridgehead atoms. The zero-order valence-electron chi connectivity index (χ0n) is 12.6. The summed E-state index contributed by atoms with van der Waals surface area (Å²) in [6.45, 7) is 2.38. The molecule has 0 aromatic rings. The van der Waals surface area contributed by atoms with Crippen LogP contribution in [0.4, 0.5) is 0 Å². The van der Waals surface area contributed by atoms with Crippen LogP contribution in [0.5, 0.6) is 0 Å². The Morgan fingerprint density at radius 3 is 2.55 bits per heavy atom. The summed E-state index contributed by atoms with van der Waals surface area (Å²) in [5, 5.41) is 3.66. The van der Waals surface area contributed by atoms with E-state index in [1.54, 1.807) is 0 Å². The maximum Gasteiger partial charge on any atom is 0.193 e. The average molecular weight is 409 g/mol. The summed E-state index contributed by atoms with van der Waals surface area (Å²) in [5.41, 5.74) is 0. The molecule has 5 heteroatoms. The smallest absolute Gasteiger partial charge is 0.193 e. The van der Waals surface area contributed by atoms with E-state index in [0.717, 1.165) is 5.96 Å². The van der Waals surface area contributed by atoms with E-state index in [4.69, 9.17) is 0 Å². The fourth-order valence-electron chi connectivity index (χ4n) is 3.56. The lowest BCUT2D eigenvalue weighted by Gasteiger charge is -2.46. The molecule has 3 rings (SSSR count). The number of rotatable bonds is 1. The van der Waals surface area contributed by atoms with Crippen LogP contribution < -0.4 is 5.32 Å². The van der Waals surface area contributed by atoms with Crippen molar-refractivity contribution in [2.45, 2.75) is 62.2 Å². The summed E-state index contributed by atoms with van der Waals surface area (Å²) in [5.74, 6) is 2.43. The largest absolute Gasteiger partial charge is 0.354 e. The molecule has 2 saturated carbocycles. The standard InChI is InChI=1S/C15H27N3S.HI/c1-16-14(17-13-6-5-7-13)18-10-11-19-15(12-18)8-3-2-4-9-15;/h13H,2-12H2,1H3,(H,16,17);1H. The highest BCUT2D eigenvalue weighted by molar-refractivity contribution is 14.0. The first kappa shape index (κ1) is 16.7. The average Bonchev–Trinajstić information content (AvgIpc) is 2.39. The number of halogens is 1. The highest BCUT2D eigenvalue weighted by Crippen LogP contribution is 2.42. The van der Waals surface area contributed by atoms with Crippen LogP contribution in [0.2, 0.25) is 0 Å². The topological polar surface area (TPSA) is 27.6 Å². The van der Waals surface area contributed by atoms with Crippen LogP contribution in [0, 0.1) is 0 Å². The highest BCUT2D eigenvalue weighted by Gasteiger charge is 2.38. The molecule has 0 amide bonds. The minimum atomic E-state index is 0. The van der Waals surface area contributed by atoms with Gasteiger partial charge in [0.05, 0.1) is 0 Å². The maximum atomic E-state index is 4.53. The Balaban J connectivity index is 0.00000147. The van der Waals surface area contributed by atoms with Crippen LogP contribution in [0.1, 0.15) is 51.4 Å². The van der Waals surface area contributed by atoms with Crippen LogP contribution in [0.15, 0.2) is 4.99 Å². The second-order valence-electron chi connectivity index (χ2n) is 6.33. The molecule has 3 aliphatic rings. The lowest BCUT2D eigenvalue weighted by atomic mass is 9.87. The lowest BCUT2D eigenvalue weighted by molar-refractivity contribution is 0.283. The van der Waals surface area contributed by atoms with E-state index >= 15 is 0 Å². The summed E-state index contributed by atoms with van der Waals surface area (Å²) in [7, 11) is 1.94. The van der Waals surface area contributed by atoms with Crippen molar-refractivity contribution in [2.75, 3.05) is 25.9 Å². The van der Waals surface area contributed by atoms with Gasteiger partial charge in [0.15, 0.2) is 5.96 Å². The maximum absolute atomic E-state index is 4.53. The van der Waals surface area contributed by atoms with Gasteiger partial charge in [0, 0.05) is 36.7 Å². The van der Waals surface area contributed by atoms with Crippen LogP contribution in [-0.4, -0.2) is 47.5 Å². The Bertz CT molecular complexity index is 333. The Labute approximate surface area is 144 Å².